The first-order chi connectivity index (χ1) is 17.3. The van der Waals surface area contributed by atoms with Crippen molar-refractivity contribution in [1.29, 1.82) is 0 Å². The highest BCUT2D eigenvalue weighted by Gasteiger charge is 2.52. The van der Waals surface area contributed by atoms with Gasteiger partial charge < -0.3 is 13.7 Å². The van der Waals surface area contributed by atoms with Gasteiger partial charge in [0.25, 0.3) is 0 Å². The van der Waals surface area contributed by atoms with Crippen molar-refractivity contribution in [2.45, 2.75) is 38.9 Å². The molecular formula is C31H26BNO3. The molecule has 0 radical (unpaired) electrons. The summed E-state index contributed by atoms with van der Waals surface area (Å²) in [6.45, 7) is 8.37. The van der Waals surface area contributed by atoms with E-state index in [1.807, 2.05) is 36.4 Å². The Morgan fingerprint density at radius 1 is 0.667 bits per heavy atom. The number of oxazole rings is 1. The van der Waals surface area contributed by atoms with Crippen molar-refractivity contribution in [2.75, 3.05) is 0 Å². The van der Waals surface area contributed by atoms with E-state index in [9.17, 15) is 0 Å². The van der Waals surface area contributed by atoms with Gasteiger partial charge in [-0.05, 0) is 78.3 Å². The van der Waals surface area contributed by atoms with E-state index >= 15 is 0 Å². The Labute approximate surface area is 210 Å². The van der Waals surface area contributed by atoms with Gasteiger partial charge in [0.15, 0.2) is 5.58 Å². The van der Waals surface area contributed by atoms with Gasteiger partial charge in [-0.1, -0.05) is 66.7 Å². The second kappa shape index (κ2) is 7.42. The molecule has 36 heavy (non-hydrogen) atoms. The molecule has 0 unspecified atom stereocenters. The lowest BCUT2D eigenvalue weighted by Gasteiger charge is -2.32. The van der Waals surface area contributed by atoms with Crippen molar-refractivity contribution in [3.8, 4) is 11.5 Å². The standard InChI is InChI=1S/C31H26BNO3/c1-30(2)31(3,4)36-32(35-30)24-18-21-12-8-9-13-22(21)27-23(24)16-14-19-15-17-25-28(26(19)27)33-29(34-25)20-10-6-5-7-11-20/h5-18H,1-4H3. The first-order valence-electron chi connectivity index (χ1n) is 12.4. The molecule has 1 aromatic heterocycles. The molecule has 1 aliphatic rings. The molecule has 4 nitrogen and oxygen atoms in total. The van der Waals surface area contributed by atoms with Crippen LogP contribution in [0, 0.1) is 0 Å². The van der Waals surface area contributed by atoms with E-state index in [1.54, 1.807) is 0 Å². The van der Waals surface area contributed by atoms with E-state index in [0.29, 0.717) is 5.89 Å². The number of hydrogen-bond donors (Lipinski definition) is 0. The van der Waals surface area contributed by atoms with Crippen LogP contribution in [0.2, 0.25) is 0 Å². The fourth-order valence-corrected chi connectivity index (χ4v) is 5.29. The van der Waals surface area contributed by atoms with Crippen LogP contribution in [0.3, 0.4) is 0 Å². The van der Waals surface area contributed by atoms with Gasteiger partial charge in [0.05, 0.1) is 11.2 Å². The predicted octanol–water partition coefficient (Wildman–Crippen LogP) is 7.25. The molecule has 0 atom stereocenters. The highest BCUT2D eigenvalue weighted by molar-refractivity contribution is 6.66. The maximum absolute atomic E-state index is 6.51. The Morgan fingerprint density at radius 2 is 1.36 bits per heavy atom. The van der Waals surface area contributed by atoms with Crippen LogP contribution in [0.1, 0.15) is 27.7 Å². The van der Waals surface area contributed by atoms with Crippen molar-refractivity contribution >= 4 is 56.0 Å². The minimum absolute atomic E-state index is 0.420. The number of benzene rings is 5. The third kappa shape index (κ3) is 3.06. The molecule has 1 fully saturated rings. The molecule has 6 aromatic rings. The van der Waals surface area contributed by atoms with E-state index in [-0.39, 0.29) is 0 Å². The Hall–Kier alpha value is -3.67. The molecule has 176 valence electrons. The minimum atomic E-state index is -0.462. The number of rotatable bonds is 2. The number of fused-ring (bicyclic) bond motifs is 7. The van der Waals surface area contributed by atoms with Gasteiger partial charge in [-0.2, -0.15) is 0 Å². The molecule has 0 aliphatic carbocycles. The number of hydrogen-bond acceptors (Lipinski definition) is 4. The van der Waals surface area contributed by atoms with Gasteiger partial charge in [0.2, 0.25) is 5.89 Å². The summed E-state index contributed by atoms with van der Waals surface area (Å²) in [7, 11) is -0.462. The molecule has 7 rings (SSSR count). The summed E-state index contributed by atoms with van der Waals surface area (Å²) >= 11 is 0. The zero-order valence-corrected chi connectivity index (χ0v) is 20.8. The van der Waals surface area contributed by atoms with Gasteiger partial charge in [0.1, 0.15) is 5.52 Å². The lowest BCUT2D eigenvalue weighted by molar-refractivity contribution is 0.00578. The smallest absolute Gasteiger partial charge is 0.436 e. The van der Waals surface area contributed by atoms with Crippen LogP contribution in [-0.2, 0) is 9.31 Å². The second-order valence-corrected chi connectivity index (χ2v) is 10.7. The molecule has 1 saturated heterocycles. The van der Waals surface area contributed by atoms with E-state index in [1.165, 1.54) is 5.39 Å². The van der Waals surface area contributed by atoms with E-state index in [4.69, 9.17) is 18.7 Å². The second-order valence-electron chi connectivity index (χ2n) is 10.7. The quantitative estimate of drug-likeness (QED) is 0.197. The summed E-state index contributed by atoms with van der Waals surface area (Å²) in [6.07, 6.45) is 0. The zero-order chi connectivity index (χ0) is 24.7. The number of nitrogens with zero attached hydrogens (tertiary/aromatic N) is 1. The third-order valence-electron chi connectivity index (χ3n) is 7.92. The van der Waals surface area contributed by atoms with Gasteiger partial charge >= 0.3 is 7.12 Å². The van der Waals surface area contributed by atoms with Crippen molar-refractivity contribution in [2.24, 2.45) is 0 Å². The Morgan fingerprint density at radius 3 is 2.14 bits per heavy atom. The van der Waals surface area contributed by atoms with E-state index < -0.39 is 18.3 Å². The fraction of sp³-hybridized carbons (Fsp3) is 0.194. The Bertz CT molecular complexity index is 1790. The average molecular weight is 471 g/mol. The summed E-state index contributed by atoms with van der Waals surface area (Å²) in [6, 6.07) is 29.3. The lowest BCUT2D eigenvalue weighted by atomic mass is 9.74. The van der Waals surface area contributed by atoms with Crippen LogP contribution in [0.4, 0.5) is 0 Å². The molecule has 0 N–H and O–H groups in total. The average Bonchev–Trinajstić information content (AvgIpc) is 3.41. The molecule has 5 aromatic carbocycles. The molecule has 0 saturated carbocycles. The predicted molar refractivity (Wildman–Crippen MR) is 148 cm³/mol. The van der Waals surface area contributed by atoms with Crippen molar-refractivity contribution in [3.05, 3.63) is 84.9 Å². The maximum atomic E-state index is 6.51. The largest absolute Gasteiger partial charge is 0.495 e. The first-order valence-corrected chi connectivity index (χ1v) is 12.4. The van der Waals surface area contributed by atoms with Crippen molar-refractivity contribution in [1.82, 2.24) is 4.98 Å². The fourth-order valence-electron chi connectivity index (χ4n) is 5.29. The summed E-state index contributed by atoms with van der Waals surface area (Å²) in [4.78, 5) is 5.01. The van der Waals surface area contributed by atoms with Crippen LogP contribution in [0.5, 0.6) is 0 Å². The summed E-state index contributed by atoms with van der Waals surface area (Å²) in [5.41, 5.74) is 2.80. The minimum Gasteiger partial charge on any atom is -0.436 e. The highest BCUT2D eigenvalue weighted by atomic mass is 16.7. The summed E-state index contributed by atoms with van der Waals surface area (Å²) in [5.74, 6) is 0.626. The Kier molecular flexibility index (Phi) is 4.45. The molecule has 0 amide bonds. The van der Waals surface area contributed by atoms with Crippen LogP contribution < -0.4 is 5.46 Å². The van der Waals surface area contributed by atoms with Crippen LogP contribution >= 0.6 is 0 Å². The zero-order valence-electron chi connectivity index (χ0n) is 20.8. The van der Waals surface area contributed by atoms with Gasteiger partial charge in [-0.3, -0.25) is 0 Å². The van der Waals surface area contributed by atoms with Gasteiger partial charge in [-0.15, -0.1) is 0 Å². The molecule has 0 spiro atoms. The molecule has 1 aliphatic heterocycles. The molecule has 2 heterocycles. The third-order valence-corrected chi connectivity index (χ3v) is 7.92. The van der Waals surface area contributed by atoms with Crippen LogP contribution in [-0.4, -0.2) is 23.3 Å². The van der Waals surface area contributed by atoms with Gasteiger partial charge in [-0.25, -0.2) is 4.98 Å². The number of aromatic nitrogens is 1. The van der Waals surface area contributed by atoms with E-state index in [0.717, 1.165) is 49.1 Å². The monoisotopic (exact) mass is 471 g/mol. The summed E-state index contributed by atoms with van der Waals surface area (Å²) < 4.78 is 19.3. The molecule has 5 heteroatoms. The van der Waals surface area contributed by atoms with Crippen molar-refractivity contribution < 1.29 is 13.7 Å². The van der Waals surface area contributed by atoms with E-state index in [2.05, 4.69) is 76.2 Å². The maximum Gasteiger partial charge on any atom is 0.495 e. The van der Waals surface area contributed by atoms with Gasteiger partial charge in [0, 0.05) is 10.9 Å². The highest BCUT2D eigenvalue weighted by Crippen LogP contribution is 2.40. The summed E-state index contributed by atoms with van der Waals surface area (Å²) in [5, 5.41) is 6.79. The van der Waals surface area contributed by atoms with Crippen molar-refractivity contribution in [3.63, 3.8) is 0 Å². The SMILES string of the molecule is CC1(C)OB(c2cc3ccccc3c3c2ccc2ccc4oc(-c5ccccc5)nc4c23)OC1(C)C. The normalized spacial score (nSPS) is 17.1. The molecule has 0 bridgehead atoms. The lowest BCUT2D eigenvalue weighted by Crippen LogP contribution is -2.41. The first kappa shape index (κ1) is 21.6. The van der Waals surface area contributed by atoms with Crippen LogP contribution in [0.25, 0.3) is 54.9 Å². The molecular weight excluding hydrogens is 445 g/mol. The van der Waals surface area contributed by atoms with Crippen LogP contribution in [0.15, 0.2) is 89.3 Å². The topological polar surface area (TPSA) is 44.5 Å². The Balaban J connectivity index is 1.58.